The van der Waals surface area contributed by atoms with Crippen LogP contribution in [0.2, 0.25) is 0 Å². The molecule has 3 nitrogen and oxygen atoms in total. The molecule has 0 saturated carbocycles. The topological polar surface area (TPSA) is 48.1 Å². The third-order valence-electron chi connectivity index (χ3n) is 2.48. The average molecular weight is 246 g/mol. The minimum atomic E-state index is -0.323. The zero-order chi connectivity index (χ0) is 13.0. The molecule has 94 valence electrons. The van der Waals surface area contributed by atoms with Gasteiger partial charge in [-0.25, -0.2) is 4.39 Å². The van der Waals surface area contributed by atoms with Crippen molar-refractivity contribution in [3.63, 3.8) is 0 Å². The monoisotopic (exact) mass is 246 g/mol. The molecule has 0 aliphatic heterocycles. The average Bonchev–Trinajstić information content (AvgIpc) is 2.32. The van der Waals surface area contributed by atoms with E-state index in [1.807, 2.05) is 13.0 Å². The first-order valence-corrected chi connectivity index (χ1v) is 5.77. The molecule has 0 bridgehead atoms. The smallest absolute Gasteiger partial charge is 0.145 e. The molecule has 2 aromatic rings. The molecule has 1 heterocycles. The Bertz CT molecular complexity index is 526. The SMILES string of the molecule is Cc1ccc(Oc2cc(F)cc(CCN)c2)cn1. The van der Waals surface area contributed by atoms with Crippen molar-refractivity contribution >= 4 is 0 Å². The summed E-state index contributed by atoms with van der Waals surface area (Å²) in [6.45, 7) is 2.38. The van der Waals surface area contributed by atoms with Gasteiger partial charge in [-0.05, 0) is 49.7 Å². The van der Waals surface area contributed by atoms with Gasteiger partial charge in [-0.1, -0.05) is 0 Å². The molecule has 0 spiro atoms. The molecule has 0 aliphatic rings. The number of aromatic nitrogens is 1. The fourth-order valence-electron chi connectivity index (χ4n) is 1.64. The molecule has 0 radical (unpaired) electrons. The van der Waals surface area contributed by atoms with E-state index in [1.165, 1.54) is 12.1 Å². The number of ether oxygens (including phenoxy) is 1. The molecule has 1 aromatic carbocycles. The second-order valence-electron chi connectivity index (χ2n) is 4.07. The van der Waals surface area contributed by atoms with Crippen molar-refractivity contribution in [3.8, 4) is 11.5 Å². The molecular weight excluding hydrogens is 231 g/mol. The number of halogens is 1. The second-order valence-corrected chi connectivity index (χ2v) is 4.07. The fourth-order valence-corrected chi connectivity index (χ4v) is 1.64. The molecule has 0 fully saturated rings. The molecule has 0 saturated heterocycles. The molecule has 0 unspecified atom stereocenters. The van der Waals surface area contributed by atoms with Crippen LogP contribution in [0.3, 0.4) is 0 Å². The third-order valence-corrected chi connectivity index (χ3v) is 2.48. The summed E-state index contributed by atoms with van der Waals surface area (Å²) >= 11 is 0. The minimum absolute atomic E-state index is 0.323. The van der Waals surface area contributed by atoms with Crippen LogP contribution in [0.15, 0.2) is 36.5 Å². The predicted molar refractivity (Wildman–Crippen MR) is 68.2 cm³/mol. The van der Waals surface area contributed by atoms with Gasteiger partial charge in [0.25, 0.3) is 0 Å². The van der Waals surface area contributed by atoms with Crippen LogP contribution in [0.1, 0.15) is 11.3 Å². The normalized spacial score (nSPS) is 10.4. The van der Waals surface area contributed by atoms with E-state index >= 15 is 0 Å². The van der Waals surface area contributed by atoms with Crippen LogP contribution in [-0.4, -0.2) is 11.5 Å². The molecular formula is C14H15FN2O. The lowest BCUT2D eigenvalue weighted by Gasteiger charge is -2.08. The van der Waals surface area contributed by atoms with Gasteiger partial charge in [-0.2, -0.15) is 0 Å². The quantitative estimate of drug-likeness (QED) is 0.902. The number of rotatable bonds is 4. The highest BCUT2D eigenvalue weighted by atomic mass is 19.1. The van der Waals surface area contributed by atoms with Gasteiger partial charge in [-0.3, -0.25) is 4.98 Å². The Hall–Kier alpha value is -1.94. The van der Waals surface area contributed by atoms with Crippen LogP contribution < -0.4 is 10.5 Å². The summed E-state index contributed by atoms with van der Waals surface area (Å²) in [4.78, 5) is 4.12. The number of hydrogen-bond donors (Lipinski definition) is 1. The molecule has 0 aliphatic carbocycles. The summed E-state index contributed by atoms with van der Waals surface area (Å²) in [5.74, 6) is 0.727. The minimum Gasteiger partial charge on any atom is -0.456 e. The highest BCUT2D eigenvalue weighted by Crippen LogP contribution is 2.23. The van der Waals surface area contributed by atoms with Crippen LogP contribution >= 0.6 is 0 Å². The highest BCUT2D eigenvalue weighted by molar-refractivity contribution is 5.34. The molecule has 18 heavy (non-hydrogen) atoms. The molecule has 0 amide bonds. The Labute approximate surface area is 105 Å². The maximum atomic E-state index is 13.4. The number of pyridine rings is 1. The van der Waals surface area contributed by atoms with Crippen molar-refractivity contribution in [1.82, 2.24) is 4.98 Å². The van der Waals surface area contributed by atoms with E-state index in [2.05, 4.69) is 4.98 Å². The molecule has 2 rings (SSSR count). The number of benzene rings is 1. The summed E-state index contributed by atoms with van der Waals surface area (Å²) in [5, 5.41) is 0. The number of nitrogens with zero attached hydrogens (tertiary/aromatic N) is 1. The van der Waals surface area contributed by atoms with Crippen LogP contribution in [0, 0.1) is 12.7 Å². The first-order chi connectivity index (χ1) is 8.67. The zero-order valence-electron chi connectivity index (χ0n) is 10.2. The van der Waals surface area contributed by atoms with Gasteiger partial charge < -0.3 is 10.5 Å². The van der Waals surface area contributed by atoms with Gasteiger partial charge in [0.1, 0.15) is 17.3 Å². The van der Waals surface area contributed by atoms with Gasteiger partial charge in [-0.15, -0.1) is 0 Å². The third kappa shape index (κ3) is 3.28. The first kappa shape index (κ1) is 12.5. The Balaban J connectivity index is 2.20. The van der Waals surface area contributed by atoms with E-state index in [4.69, 9.17) is 10.5 Å². The maximum absolute atomic E-state index is 13.4. The number of aryl methyl sites for hydroxylation is 1. The van der Waals surface area contributed by atoms with E-state index in [9.17, 15) is 4.39 Å². The van der Waals surface area contributed by atoms with E-state index in [-0.39, 0.29) is 5.82 Å². The van der Waals surface area contributed by atoms with Gasteiger partial charge in [0.15, 0.2) is 0 Å². The Morgan fingerprint density at radius 2 is 2.06 bits per heavy atom. The van der Waals surface area contributed by atoms with E-state index in [0.29, 0.717) is 24.5 Å². The van der Waals surface area contributed by atoms with E-state index in [1.54, 1.807) is 18.3 Å². The highest BCUT2D eigenvalue weighted by Gasteiger charge is 2.03. The van der Waals surface area contributed by atoms with Gasteiger partial charge in [0.05, 0.1) is 6.20 Å². The molecule has 4 heteroatoms. The molecule has 0 atom stereocenters. The predicted octanol–water partition coefficient (Wildman–Crippen LogP) is 2.82. The molecule has 1 aromatic heterocycles. The summed E-state index contributed by atoms with van der Waals surface area (Å²) in [6, 6.07) is 8.24. The van der Waals surface area contributed by atoms with Gasteiger partial charge >= 0.3 is 0 Å². The Morgan fingerprint density at radius 3 is 2.72 bits per heavy atom. The lowest BCUT2D eigenvalue weighted by atomic mass is 10.1. The van der Waals surface area contributed by atoms with Crippen molar-refractivity contribution in [1.29, 1.82) is 0 Å². The lowest BCUT2D eigenvalue weighted by molar-refractivity contribution is 0.473. The number of hydrogen-bond acceptors (Lipinski definition) is 3. The maximum Gasteiger partial charge on any atom is 0.145 e. The second kappa shape index (κ2) is 5.60. The molecule has 2 N–H and O–H groups in total. The van der Waals surface area contributed by atoms with Crippen molar-refractivity contribution in [2.45, 2.75) is 13.3 Å². The summed E-state index contributed by atoms with van der Waals surface area (Å²) in [7, 11) is 0. The Morgan fingerprint density at radius 1 is 1.22 bits per heavy atom. The van der Waals surface area contributed by atoms with Crippen LogP contribution in [0.25, 0.3) is 0 Å². The fraction of sp³-hybridized carbons (Fsp3) is 0.214. The number of nitrogens with two attached hydrogens (primary N) is 1. The van der Waals surface area contributed by atoms with Crippen LogP contribution in [-0.2, 0) is 6.42 Å². The standard InChI is InChI=1S/C14H15FN2O/c1-10-2-3-13(9-17-10)18-14-7-11(4-5-16)6-12(15)8-14/h2-3,6-9H,4-5,16H2,1H3. The van der Waals surface area contributed by atoms with Crippen molar-refractivity contribution in [3.05, 3.63) is 53.6 Å². The van der Waals surface area contributed by atoms with Crippen molar-refractivity contribution in [2.75, 3.05) is 6.54 Å². The largest absolute Gasteiger partial charge is 0.456 e. The van der Waals surface area contributed by atoms with Crippen molar-refractivity contribution < 1.29 is 9.13 Å². The summed E-state index contributed by atoms with van der Waals surface area (Å²) in [5.41, 5.74) is 7.19. The van der Waals surface area contributed by atoms with E-state index in [0.717, 1.165) is 11.3 Å². The van der Waals surface area contributed by atoms with E-state index < -0.39 is 0 Å². The summed E-state index contributed by atoms with van der Waals surface area (Å²) < 4.78 is 18.9. The van der Waals surface area contributed by atoms with Gasteiger partial charge in [0, 0.05) is 11.8 Å². The van der Waals surface area contributed by atoms with Gasteiger partial charge in [0.2, 0.25) is 0 Å². The summed E-state index contributed by atoms with van der Waals surface area (Å²) in [6.07, 6.45) is 2.24. The van der Waals surface area contributed by atoms with Crippen LogP contribution in [0.5, 0.6) is 11.5 Å². The van der Waals surface area contributed by atoms with Crippen LogP contribution in [0.4, 0.5) is 4.39 Å². The Kier molecular flexibility index (Phi) is 3.89. The lowest BCUT2D eigenvalue weighted by Crippen LogP contribution is -2.03. The van der Waals surface area contributed by atoms with Crippen molar-refractivity contribution in [2.24, 2.45) is 5.73 Å². The zero-order valence-corrected chi connectivity index (χ0v) is 10.2. The first-order valence-electron chi connectivity index (χ1n) is 5.77.